The molecule has 2 heterocycles. The summed E-state index contributed by atoms with van der Waals surface area (Å²) in [6.07, 6.45) is 3.00. The van der Waals surface area contributed by atoms with Gasteiger partial charge in [0.1, 0.15) is 11.5 Å². The predicted molar refractivity (Wildman–Crippen MR) is 70.6 cm³/mol. The van der Waals surface area contributed by atoms with Gasteiger partial charge in [0.25, 0.3) is 0 Å². The van der Waals surface area contributed by atoms with Gasteiger partial charge >= 0.3 is 0 Å². The molecular formula is C14H17N3O2. The monoisotopic (exact) mass is 259 g/mol. The topological polar surface area (TPSA) is 68.9 Å². The second kappa shape index (κ2) is 5.73. The van der Waals surface area contributed by atoms with Gasteiger partial charge in [-0.15, -0.1) is 0 Å². The van der Waals surface area contributed by atoms with Crippen molar-refractivity contribution < 1.29 is 9.32 Å². The van der Waals surface area contributed by atoms with Gasteiger partial charge in [-0.25, -0.2) is 0 Å². The summed E-state index contributed by atoms with van der Waals surface area (Å²) >= 11 is 0. The summed E-state index contributed by atoms with van der Waals surface area (Å²) in [5, 5.41) is 3.93. The van der Waals surface area contributed by atoms with E-state index in [0.29, 0.717) is 18.1 Å². The van der Waals surface area contributed by atoms with E-state index >= 15 is 0 Å². The molecule has 0 amide bonds. The van der Waals surface area contributed by atoms with Crippen LogP contribution in [0.4, 0.5) is 0 Å². The average molecular weight is 259 g/mol. The van der Waals surface area contributed by atoms with E-state index in [1.807, 2.05) is 26.0 Å². The fraction of sp³-hybridized carbons (Fsp3) is 0.429. The SMILES string of the molecule is CCC(=O)C(C)c1nc(-c2ncccc2CC)no1. The van der Waals surface area contributed by atoms with E-state index in [4.69, 9.17) is 4.52 Å². The van der Waals surface area contributed by atoms with Crippen molar-refractivity contribution in [3.63, 3.8) is 0 Å². The van der Waals surface area contributed by atoms with Gasteiger partial charge in [-0.05, 0) is 25.0 Å². The molecule has 1 atom stereocenters. The van der Waals surface area contributed by atoms with Crippen molar-refractivity contribution in [2.45, 2.75) is 39.5 Å². The molecule has 2 aromatic heterocycles. The smallest absolute Gasteiger partial charge is 0.237 e. The number of nitrogens with zero attached hydrogens (tertiary/aromatic N) is 3. The maximum atomic E-state index is 11.6. The third-order valence-electron chi connectivity index (χ3n) is 3.13. The van der Waals surface area contributed by atoms with Gasteiger partial charge < -0.3 is 4.52 Å². The Labute approximate surface area is 112 Å². The number of pyridine rings is 1. The van der Waals surface area contributed by atoms with Gasteiger partial charge in [-0.1, -0.05) is 25.1 Å². The highest BCUT2D eigenvalue weighted by molar-refractivity contribution is 5.84. The molecule has 0 spiro atoms. The molecule has 0 aliphatic rings. The van der Waals surface area contributed by atoms with Crippen LogP contribution in [0.5, 0.6) is 0 Å². The van der Waals surface area contributed by atoms with Crippen LogP contribution in [0.25, 0.3) is 11.5 Å². The lowest BCUT2D eigenvalue weighted by Gasteiger charge is -2.02. The third-order valence-corrected chi connectivity index (χ3v) is 3.13. The first-order chi connectivity index (χ1) is 9.17. The Morgan fingerprint density at radius 1 is 1.42 bits per heavy atom. The molecule has 0 fully saturated rings. The molecular weight excluding hydrogens is 242 g/mol. The van der Waals surface area contributed by atoms with Crippen LogP contribution in [0.3, 0.4) is 0 Å². The number of aromatic nitrogens is 3. The summed E-state index contributed by atoms with van der Waals surface area (Å²) in [6.45, 7) is 5.65. The van der Waals surface area contributed by atoms with Crippen LogP contribution in [0.1, 0.15) is 44.6 Å². The summed E-state index contributed by atoms with van der Waals surface area (Å²) in [6, 6.07) is 3.87. The summed E-state index contributed by atoms with van der Waals surface area (Å²) in [5.74, 6) is 0.532. The van der Waals surface area contributed by atoms with E-state index in [9.17, 15) is 4.79 Å². The fourth-order valence-corrected chi connectivity index (χ4v) is 1.88. The number of Topliss-reactive ketones (excluding diaryl/α,β-unsaturated/α-hetero) is 1. The molecule has 2 aromatic rings. The lowest BCUT2D eigenvalue weighted by Crippen LogP contribution is -2.07. The molecule has 0 radical (unpaired) electrons. The van der Waals surface area contributed by atoms with E-state index in [2.05, 4.69) is 15.1 Å². The summed E-state index contributed by atoms with van der Waals surface area (Å²) < 4.78 is 5.18. The molecule has 0 bridgehead atoms. The highest BCUT2D eigenvalue weighted by Crippen LogP contribution is 2.22. The van der Waals surface area contributed by atoms with Crippen molar-refractivity contribution in [3.05, 3.63) is 29.8 Å². The second-order valence-electron chi connectivity index (χ2n) is 4.36. The van der Waals surface area contributed by atoms with Crippen molar-refractivity contribution in [1.82, 2.24) is 15.1 Å². The van der Waals surface area contributed by atoms with E-state index < -0.39 is 0 Å². The first-order valence-electron chi connectivity index (χ1n) is 6.47. The van der Waals surface area contributed by atoms with E-state index in [1.54, 1.807) is 13.1 Å². The Morgan fingerprint density at radius 2 is 2.21 bits per heavy atom. The molecule has 0 saturated carbocycles. The third kappa shape index (κ3) is 2.70. The van der Waals surface area contributed by atoms with Gasteiger partial charge in [-0.2, -0.15) is 4.98 Å². The Kier molecular flexibility index (Phi) is 4.04. The van der Waals surface area contributed by atoms with Crippen LogP contribution < -0.4 is 0 Å². The molecule has 0 saturated heterocycles. The minimum atomic E-state index is -0.361. The molecule has 100 valence electrons. The Morgan fingerprint density at radius 3 is 2.89 bits per heavy atom. The largest absolute Gasteiger partial charge is 0.338 e. The lowest BCUT2D eigenvalue weighted by molar-refractivity contribution is -0.120. The summed E-state index contributed by atoms with van der Waals surface area (Å²) in [5.41, 5.74) is 1.78. The van der Waals surface area contributed by atoms with Gasteiger partial charge in [0, 0.05) is 12.6 Å². The standard InChI is InChI=1S/C14H17N3O2/c1-4-10-7-6-8-15-12(10)13-16-14(19-17-13)9(3)11(18)5-2/h6-9H,4-5H2,1-3H3. The fourth-order valence-electron chi connectivity index (χ4n) is 1.88. The van der Waals surface area contributed by atoms with E-state index in [-0.39, 0.29) is 11.7 Å². The van der Waals surface area contributed by atoms with Crippen LogP contribution in [-0.2, 0) is 11.2 Å². The molecule has 19 heavy (non-hydrogen) atoms. The van der Waals surface area contributed by atoms with Gasteiger partial charge in [0.05, 0.1) is 5.92 Å². The molecule has 0 aliphatic heterocycles. The number of rotatable bonds is 5. The first kappa shape index (κ1) is 13.4. The number of ketones is 1. The van der Waals surface area contributed by atoms with Crippen molar-refractivity contribution in [2.75, 3.05) is 0 Å². The number of carbonyl (C=O) groups is 1. The summed E-state index contributed by atoms with van der Waals surface area (Å²) in [7, 11) is 0. The normalized spacial score (nSPS) is 12.4. The quantitative estimate of drug-likeness (QED) is 0.825. The second-order valence-corrected chi connectivity index (χ2v) is 4.36. The first-order valence-corrected chi connectivity index (χ1v) is 6.47. The van der Waals surface area contributed by atoms with Crippen molar-refractivity contribution in [1.29, 1.82) is 0 Å². The summed E-state index contributed by atoms with van der Waals surface area (Å²) in [4.78, 5) is 20.2. The molecule has 2 rings (SSSR count). The van der Waals surface area contributed by atoms with Crippen LogP contribution >= 0.6 is 0 Å². The zero-order valence-electron chi connectivity index (χ0n) is 11.4. The molecule has 0 aromatic carbocycles. The highest BCUT2D eigenvalue weighted by Gasteiger charge is 2.21. The van der Waals surface area contributed by atoms with Crippen LogP contribution in [0.15, 0.2) is 22.9 Å². The number of hydrogen-bond donors (Lipinski definition) is 0. The molecule has 0 aliphatic carbocycles. The van der Waals surface area contributed by atoms with Crippen molar-refractivity contribution >= 4 is 5.78 Å². The minimum absolute atomic E-state index is 0.0898. The minimum Gasteiger partial charge on any atom is -0.338 e. The van der Waals surface area contributed by atoms with Gasteiger partial charge in [-0.3, -0.25) is 9.78 Å². The Hall–Kier alpha value is -2.04. The lowest BCUT2D eigenvalue weighted by atomic mass is 10.1. The zero-order chi connectivity index (χ0) is 13.8. The van der Waals surface area contributed by atoms with Crippen molar-refractivity contribution in [3.8, 4) is 11.5 Å². The predicted octanol–water partition coefficient (Wildman–Crippen LogP) is 2.78. The van der Waals surface area contributed by atoms with Crippen LogP contribution in [-0.4, -0.2) is 20.9 Å². The van der Waals surface area contributed by atoms with E-state index in [1.165, 1.54) is 0 Å². The number of aryl methyl sites for hydroxylation is 1. The maximum absolute atomic E-state index is 11.6. The van der Waals surface area contributed by atoms with E-state index in [0.717, 1.165) is 17.7 Å². The Balaban J connectivity index is 2.33. The number of carbonyl (C=O) groups excluding carboxylic acids is 1. The molecule has 5 heteroatoms. The molecule has 1 unspecified atom stereocenters. The average Bonchev–Trinajstić information content (AvgIpc) is 2.95. The Bertz CT molecular complexity index is 578. The van der Waals surface area contributed by atoms with Gasteiger partial charge in [0.2, 0.25) is 11.7 Å². The van der Waals surface area contributed by atoms with Crippen LogP contribution in [0.2, 0.25) is 0 Å². The number of hydrogen-bond acceptors (Lipinski definition) is 5. The van der Waals surface area contributed by atoms with Gasteiger partial charge in [0.15, 0.2) is 0 Å². The molecule has 5 nitrogen and oxygen atoms in total. The van der Waals surface area contributed by atoms with Crippen LogP contribution in [0, 0.1) is 0 Å². The maximum Gasteiger partial charge on any atom is 0.237 e. The van der Waals surface area contributed by atoms with Crippen molar-refractivity contribution in [2.24, 2.45) is 0 Å². The highest BCUT2D eigenvalue weighted by atomic mass is 16.5. The molecule has 0 N–H and O–H groups in total. The zero-order valence-corrected chi connectivity index (χ0v) is 11.4.